The summed E-state index contributed by atoms with van der Waals surface area (Å²) in [6.07, 6.45) is -1.20. The summed E-state index contributed by atoms with van der Waals surface area (Å²) in [6.45, 7) is 2.27. The van der Waals surface area contributed by atoms with Crippen LogP contribution in [-0.2, 0) is 4.79 Å². The van der Waals surface area contributed by atoms with Crippen molar-refractivity contribution < 1.29 is 13.6 Å². The van der Waals surface area contributed by atoms with Gasteiger partial charge < -0.3 is 4.90 Å². The molecule has 1 aliphatic rings. The molecule has 2 nitrogen and oxygen atoms in total. The number of rotatable bonds is 2. The van der Waals surface area contributed by atoms with Gasteiger partial charge >= 0.3 is 0 Å². The molecule has 14 heavy (non-hydrogen) atoms. The predicted octanol–water partition coefficient (Wildman–Crippen LogP) is 2.12. The Morgan fingerprint density at radius 1 is 1.57 bits per heavy atom. The lowest BCUT2D eigenvalue weighted by atomic mass is 9.98. The van der Waals surface area contributed by atoms with Crippen LogP contribution in [0.2, 0.25) is 0 Å². The monoisotopic (exact) mass is 225 g/mol. The smallest absolute Gasteiger partial charge is 0.243 e. The maximum atomic E-state index is 12.4. The number of piperidine rings is 1. The molecule has 5 heteroatoms. The van der Waals surface area contributed by atoms with Gasteiger partial charge in [-0.2, -0.15) is 0 Å². The molecule has 0 radical (unpaired) electrons. The van der Waals surface area contributed by atoms with Crippen molar-refractivity contribution in [1.29, 1.82) is 0 Å². The number of halogens is 3. The van der Waals surface area contributed by atoms with Crippen LogP contribution in [0.1, 0.15) is 19.8 Å². The Bertz CT molecular complexity index is 211. The van der Waals surface area contributed by atoms with Gasteiger partial charge in [-0.1, -0.05) is 0 Å². The lowest BCUT2D eigenvalue weighted by Gasteiger charge is -2.32. The quantitative estimate of drug-likeness (QED) is 0.660. The Hall–Kier alpha value is -0.380. The number of hydrogen-bond acceptors (Lipinski definition) is 1. The largest absolute Gasteiger partial charge is 0.341 e. The highest BCUT2D eigenvalue weighted by atomic mass is 35.5. The van der Waals surface area contributed by atoms with Crippen LogP contribution in [0.5, 0.6) is 0 Å². The van der Waals surface area contributed by atoms with E-state index in [9.17, 15) is 13.6 Å². The summed E-state index contributed by atoms with van der Waals surface area (Å²) in [7, 11) is 0. The molecule has 1 fully saturated rings. The van der Waals surface area contributed by atoms with E-state index < -0.39 is 17.7 Å². The average molecular weight is 226 g/mol. The molecule has 1 aliphatic heterocycles. The third kappa shape index (κ3) is 2.80. The highest BCUT2D eigenvalue weighted by Crippen LogP contribution is 2.23. The molecule has 0 aliphatic carbocycles. The van der Waals surface area contributed by atoms with Crippen LogP contribution in [0.15, 0.2) is 0 Å². The van der Waals surface area contributed by atoms with Crippen molar-refractivity contribution in [1.82, 2.24) is 4.90 Å². The summed E-state index contributed by atoms with van der Waals surface area (Å²) in [6, 6.07) is 0. The Balaban J connectivity index is 2.51. The molecule has 82 valence electrons. The molecule has 0 unspecified atom stereocenters. The zero-order valence-corrected chi connectivity index (χ0v) is 8.81. The van der Waals surface area contributed by atoms with Crippen LogP contribution in [0.3, 0.4) is 0 Å². The van der Waals surface area contributed by atoms with Gasteiger partial charge in [-0.15, -0.1) is 11.6 Å². The second kappa shape index (κ2) is 4.91. The standard InChI is InChI=1S/C9H14ClF2NO/c1-6(10)9(14)13-4-2-3-7(5-13)8(11)12/h6-8H,2-5H2,1H3/t6-,7+/m0/s1. The molecule has 0 bridgehead atoms. The van der Waals surface area contributed by atoms with Crippen molar-refractivity contribution in [3.05, 3.63) is 0 Å². The molecule has 2 atom stereocenters. The van der Waals surface area contributed by atoms with Gasteiger partial charge in [0.05, 0.1) is 0 Å². The van der Waals surface area contributed by atoms with Crippen LogP contribution in [-0.4, -0.2) is 35.7 Å². The first-order valence-corrected chi connectivity index (χ1v) is 5.17. The number of nitrogens with zero attached hydrogens (tertiary/aromatic N) is 1. The van der Waals surface area contributed by atoms with E-state index in [0.29, 0.717) is 19.4 Å². The Morgan fingerprint density at radius 2 is 2.21 bits per heavy atom. The van der Waals surface area contributed by atoms with Crippen molar-refractivity contribution in [3.8, 4) is 0 Å². The summed E-state index contributed by atoms with van der Waals surface area (Å²) < 4.78 is 24.8. The van der Waals surface area contributed by atoms with Gasteiger partial charge in [-0.25, -0.2) is 8.78 Å². The van der Waals surface area contributed by atoms with Crippen molar-refractivity contribution in [2.24, 2.45) is 5.92 Å². The molecule has 0 spiro atoms. The van der Waals surface area contributed by atoms with E-state index in [1.165, 1.54) is 4.90 Å². The van der Waals surface area contributed by atoms with Crippen LogP contribution in [0, 0.1) is 5.92 Å². The first-order chi connectivity index (χ1) is 6.52. The van der Waals surface area contributed by atoms with Crippen molar-refractivity contribution in [2.75, 3.05) is 13.1 Å². The number of amides is 1. The van der Waals surface area contributed by atoms with Crippen LogP contribution in [0.4, 0.5) is 8.78 Å². The van der Waals surface area contributed by atoms with Gasteiger partial charge in [-0.3, -0.25) is 4.79 Å². The number of carbonyl (C=O) groups excluding carboxylic acids is 1. The van der Waals surface area contributed by atoms with Crippen LogP contribution >= 0.6 is 11.6 Å². The van der Waals surface area contributed by atoms with E-state index >= 15 is 0 Å². The van der Waals surface area contributed by atoms with E-state index in [4.69, 9.17) is 11.6 Å². The molecule has 0 aromatic carbocycles. The van der Waals surface area contributed by atoms with Crippen molar-refractivity contribution in [2.45, 2.75) is 31.6 Å². The normalized spacial score (nSPS) is 25.2. The fourth-order valence-electron chi connectivity index (χ4n) is 1.67. The molecule has 0 aromatic rings. The Kier molecular flexibility index (Phi) is 4.11. The maximum absolute atomic E-state index is 12.4. The summed E-state index contributed by atoms with van der Waals surface area (Å²) in [5, 5.41) is -0.619. The summed E-state index contributed by atoms with van der Waals surface area (Å²) in [4.78, 5) is 12.9. The number of alkyl halides is 3. The maximum Gasteiger partial charge on any atom is 0.243 e. The zero-order chi connectivity index (χ0) is 10.7. The summed E-state index contributed by atoms with van der Waals surface area (Å²) >= 11 is 5.61. The van der Waals surface area contributed by atoms with Gasteiger partial charge in [0.2, 0.25) is 12.3 Å². The van der Waals surface area contributed by atoms with E-state index in [-0.39, 0.29) is 12.5 Å². The highest BCUT2D eigenvalue weighted by molar-refractivity contribution is 6.30. The molecular formula is C9H14ClF2NO. The van der Waals surface area contributed by atoms with Gasteiger partial charge in [0.15, 0.2) is 0 Å². The molecule has 1 amide bonds. The molecule has 1 rings (SSSR count). The number of hydrogen-bond donors (Lipinski definition) is 0. The SMILES string of the molecule is C[C@H](Cl)C(=O)N1CCC[C@@H](C(F)F)C1. The van der Waals surface area contributed by atoms with Gasteiger partial charge in [0.1, 0.15) is 5.38 Å². The third-order valence-electron chi connectivity index (χ3n) is 2.47. The molecule has 0 saturated carbocycles. The lowest BCUT2D eigenvalue weighted by Crippen LogP contribution is -2.44. The minimum absolute atomic E-state index is 0.146. The molecular weight excluding hydrogens is 212 g/mol. The molecule has 1 saturated heterocycles. The number of carbonyl (C=O) groups is 1. The van der Waals surface area contributed by atoms with E-state index in [1.807, 2.05) is 0 Å². The lowest BCUT2D eigenvalue weighted by molar-refractivity contribution is -0.133. The highest BCUT2D eigenvalue weighted by Gasteiger charge is 2.30. The van der Waals surface area contributed by atoms with Crippen LogP contribution < -0.4 is 0 Å². The van der Waals surface area contributed by atoms with Crippen molar-refractivity contribution >= 4 is 17.5 Å². The minimum Gasteiger partial charge on any atom is -0.341 e. The Morgan fingerprint density at radius 3 is 2.71 bits per heavy atom. The van der Waals surface area contributed by atoms with Crippen LogP contribution in [0.25, 0.3) is 0 Å². The molecule has 0 aromatic heterocycles. The van der Waals surface area contributed by atoms with Crippen molar-refractivity contribution in [3.63, 3.8) is 0 Å². The van der Waals surface area contributed by atoms with Gasteiger partial charge in [-0.05, 0) is 19.8 Å². The van der Waals surface area contributed by atoms with Gasteiger partial charge in [0.25, 0.3) is 0 Å². The summed E-state index contributed by atoms with van der Waals surface area (Å²) in [5.41, 5.74) is 0. The summed E-state index contributed by atoms with van der Waals surface area (Å²) in [5.74, 6) is -0.917. The van der Waals surface area contributed by atoms with E-state index in [0.717, 1.165) is 0 Å². The van der Waals surface area contributed by atoms with E-state index in [1.54, 1.807) is 6.92 Å². The number of likely N-dealkylation sites (tertiary alicyclic amines) is 1. The predicted molar refractivity (Wildman–Crippen MR) is 50.6 cm³/mol. The topological polar surface area (TPSA) is 20.3 Å². The third-order valence-corrected chi connectivity index (χ3v) is 2.65. The molecule has 1 heterocycles. The fraction of sp³-hybridized carbons (Fsp3) is 0.889. The van der Waals surface area contributed by atoms with E-state index in [2.05, 4.69) is 0 Å². The first-order valence-electron chi connectivity index (χ1n) is 4.73. The zero-order valence-electron chi connectivity index (χ0n) is 8.05. The molecule has 0 N–H and O–H groups in total. The first kappa shape index (κ1) is 11.7. The Labute approximate surface area is 87.2 Å². The minimum atomic E-state index is -2.34. The fourth-order valence-corrected chi connectivity index (χ4v) is 1.81. The average Bonchev–Trinajstić information content (AvgIpc) is 2.16. The second-order valence-electron chi connectivity index (χ2n) is 3.64. The van der Waals surface area contributed by atoms with Gasteiger partial charge in [0, 0.05) is 19.0 Å². The second-order valence-corrected chi connectivity index (χ2v) is 4.29.